The van der Waals surface area contributed by atoms with Crippen molar-refractivity contribution in [3.05, 3.63) is 35.4 Å². The van der Waals surface area contributed by atoms with E-state index in [9.17, 15) is 8.78 Å². The van der Waals surface area contributed by atoms with Crippen molar-refractivity contribution in [2.24, 2.45) is 0 Å². The van der Waals surface area contributed by atoms with E-state index in [-0.39, 0.29) is 6.04 Å². The molecule has 1 aromatic rings. The highest BCUT2D eigenvalue weighted by Gasteiger charge is 2.31. The van der Waals surface area contributed by atoms with E-state index in [1.165, 1.54) is 6.07 Å². The first-order valence-electron chi connectivity index (χ1n) is 7.51. The van der Waals surface area contributed by atoms with Crippen molar-refractivity contribution < 1.29 is 8.78 Å². The Balaban J connectivity index is 2.24. The lowest BCUT2D eigenvalue weighted by Crippen LogP contribution is -2.56. The third-order valence-corrected chi connectivity index (χ3v) is 4.44. The predicted octanol–water partition coefficient (Wildman–Crippen LogP) is 3.49. The number of nitrogens with one attached hydrogen (secondary N) is 1. The number of piperazine rings is 1. The summed E-state index contributed by atoms with van der Waals surface area (Å²) >= 11 is 0. The number of nitrogens with zero attached hydrogens (tertiary/aromatic N) is 1. The van der Waals surface area contributed by atoms with Crippen molar-refractivity contribution in [1.29, 1.82) is 0 Å². The molecule has 0 spiro atoms. The van der Waals surface area contributed by atoms with Gasteiger partial charge in [0.1, 0.15) is 0 Å². The zero-order valence-corrected chi connectivity index (χ0v) is 12.5. The summed E-state index contributed by atoms with van der Waals surface area (Å²) in [5.74, 6) is -1.47. The van der Waals surface area contributed by atoms with Gasteiger partial charge in [-0.2, -0.15) is 0 Å². The summed E-state index contributed by atoms with van der Waals surface area (Å²) in [7, 11) is 0. The van der Waals surface area contributed by atoms with Crippen molar-refractivity contribution >= 4 is 0 Å². The third kappa shape index (κ3) is 3.01. The smallest absolute Gasteiger partial charge is 0.163 e. The number of hydrogen-bond acceptors (Lipinski definition) is 2. The molecule has 2 rings (SSSR count). The van der Waals surface area contributed by atoms with Crippen LogP contribution in [0.3, 0.4) is 0 Å². The minimum Gasteiger partial charge on any atom is -0.311 e. The van der Waals surface area contributed by atoms with Gasteiger partial charge < -0.3 is 5.32 Å². The summed E-state index contributed by atoms with van der Waals surface area (Å²) in [6.07, 6.45) is 2.05. The Hall–Kier alpha value is -1.00. The highest BCUT2D eigenvalue weighted by atomic mass is 19.2. The monoisotopic (exact) mass is 282 g/mol. The summed E-state index contributed by atoms with van der Waals surface area (Å²) in [5.41, 5.74) is 0.459. The second kappa shape index (κ2) is 6.64. The Bertz CT molecular complexity index is 450. The summed E-state index contributed by atoms with van der Waals surface area (Å²) in [5, 5.41) is 3.52. The van der Waals surface area contributed by atoms with Gasteiger partial charge in [-0.1, -0.05) is 26.0 Å². The van der Waals surface area contributed by atoms with Gasteiger partial charge in [0.25, 0.3) is 0 Å². The topological polar surface area (TPSA) is 15.3 Å². The molecule has 4 heteroatoms. The molecule has 112 valence electrons. The zero-order chi connectivity index (χ0) is 14.7. The first-order valence-corrected chi connectivity index (χ1v) is 7.51. The molecule has 0 amide bonds. The van der Waals surface area contributed by atoms with Gasteiger partial charge in [0.05, 0.1) is 0 Å². The molecule has 3 unspecified atom stereocenters. The largest absolute Gasteiger partial charge is 0.311 e. The fraction of sp³-hybridized carbons (Fsp3) is 0.625. The lowest BCUT2D eigenvalue weighted by molar-refractivity contribution is 0.0831. The normalized spacial score (nSPS) is 25.6. The Kier molecular flexibility index (Phi) is 5.11. The van der Waals surface area contributed by atoms with E-state index in [4.69, 9.17) is 0 Å². The summed E-state index contributed by atoms with van der Waals surface area (Å²) in [6, 6.07) is 5.15. The molecule has 1 saturated heterocycles. The zero-order valence-electron chi connectivity index (χ0n) is 12.5. The van der Waals surface area contributed by atoms with E-state index >= 15 is 0 Å². The van der Waals surface area contributed by atoms with Gasteiger partial charge in [0.2, 0.25) is 0 Å². The molecule has 0 aromatic heterocycles. The van der Waals surface area contributed by atoms with Crippen LogP contribution in [-0.4, -0.2) is 30.1 Å². The summed E-state index contributed by atoms with van der Waals surface area (Å²) < 4.78 is 27.4. The van der Waals surface area contributed by atoms with Gasteiger partial charge in [-0.25, -0.2) is 8.78 Å². The minimum atomic E-state index is -0.760. The fourth-order valence-corrected chi connectivity index (χ4v) is 3.04. The number of halogens is 2. The summed E-state index contributed by atoms with van der Waals surface area (Å²) in [6.45, 7) is 8.05. The van der Waals surface area contributed by atoms with E-state index in [0.29, 0.717) is 17.6 Å². The van der Waals surface area contributed by atoms with Crippen molar-refractivity contribution in [2.45, 2.75) is 51.7 Å². The van der Waals surface area contributed by atoms with E-state index < -0.39 is 11.6 Å². The molecule has 3 atom stereocenters. The van der Waals surface area contributed by atoms with Crippen molar-refractivity contribution in [3.63, 3.8) is 0 Å². The van der Waals surface area contributed by atoms with Gasteiger partial charge >= 0.3 is 0 Å². The van der Waals surface area contributed by atoms with Crippen LogP contribution in [0.25, 0.3) is 0 Å². The molecule has 1 aromatic carbocycles. The van der Waals surface area contributed by atoms with E-state index in [0.717, 1.165) is 25.9 Å². The molecule has 0 radical (unpaired) electrons. The quantitative estimate of drug-likeness (QED) is 0.909. The van der Waals surface area contributed by atoms with Gasteiger partial charge in [-0.3, -0.25) is 4.90 Å². The third-order valence-electron chi connectivity index (χ3n) is 4.44. The first-order chi connectivity index (χ1) is 9.58. The molecular formula is C16H24F2N2. The predicted molar refractivity (Wildman–Crippen MR) is 77.6 cm³/mol. The maximum absolute atomic E-state index is 14.0. The van der Waals surface area contributed by atoms with Crippen molar-refractivity contribution in [3.8, 4) is 0 Å². The number of hydrogen-bond donors (Lipinski definition) is 1. The Morgan fingerprint density at radius 2 is 2.05 bits per heavy atom. The van der Waals surface area contributed by atoms with Gasteiger partial charge in [0.15, 0.2) is 11.6 Å². The molecule has 0 aliphatic carbocycles. The van der Waals surface area contributed by atoms with Crippen LogP contribution in [-0.2, 0) is 0 Å². The Labute approximate surface area is 120 Å². The standard InChI is InChI=1S/C16H24F2N2/c1-4-12-10-20(13(5-2)9-19-12)11(3)14-7-6-8-15(17)16(14)18/h6-8,11-13,19H,4-5,9-10H2,1-3H3. The number of rotatable bonds is 4. The maximum Gasteiger partial charge on any atom is 0.163 e. The summed E-state index contributed by atoms with van der Waals surface area (Å²) in [4.78, 5) is 2.31. The van der Waals surface area contributed by atoms with Gasteiger partial charge in [0, 0.05) is 36.8 Å². The maximum atomic E-state index is 14.0. The molecule has 0 bridgehead atoms. The van der Waals surface area contributed by atoms with Crippen molar-refractivity contribution in [2.75, 3.05) is 13.1 Å². The number of benzene rings is 1. The first kappa shape index (κ1) is 15.4. The van der Waals surface area contributed by atoms with Crippen molar-refractivity contribution in [1.82, 2.24) is 10.2 Å². The highest BCUT2D eigenvalue weighted by molar-refractivity contribution is 5.22. The second-order valence-corrected chi connectivity index (χ2v) is 5.59. The molecule has 0 saturated carbocycles. The fourth-order valence-electron chi connectivity index (χ4n) is 3.04. The Morgan fingerprint density at radius 3 is 2.70 bits per heavy atom. The molecule has 1 aliphatic heterocycles. The molecular weight excluding hydrogens is 258 g/mol. The van der Waals surface area contributed by atoms with Crippen LogP contribution < -0.4 is 5.32 Å². The molecule has 1 fully saturated rings. The van der Waals surface area contributed by atoms with Crippen LogP contribution in [0.5, 0.6) is 0 Å². The minimum absolute atomic E-state index is 0.105. The van der Waals surface area contributed by atoms with Gasteiger partial charge in [-0.05, 0) is 25.8 Å². The van der Waals surface area contributed by atoms with Crippen LogP contribution in [0.4, 0.5) is 8.78 Å². The molecule has 1 heterocycles. The van der Waals surface area contributed by atoms with Gasteiger partial charge in [-0.15, -0.1) is 0 Å². The van der Waals surface area contributed by atoms with E-state index in [1.54, 1.807) is 12.1 Å². The highest BCUT2D eigenvalue weighted by Crippen LogP contribution is 2.28. The molecule has 2 nitrogen and oxygen atoms in total. The average Bonchev–Trinajstić information content (AvgIpc) is 2.48. The molecule has 1 aliphatic rings. The van der Waals surface area contributed by atoms with Crippen LogP contribution in [0.1, 0.15) is 45.2 Å². The molecule has 1 N–H and O–H groups in total. The lowest BCUT2D eigenvalue weighted by Gasteiger charge is -2.43. The van der Waals surface area contributed by atoms with Crippen LogP contribution in [0, 0.1) is 11.6 Å². The molecule has 20 heavy (non-hydrogen) atoms. The van der Waals surface area contributed by atoms with Crippen LogP contribution in [0.15, 0.2) is 18.2 Å². The van der Waals surface area contributed by atoms with Crippen LogP contribution in [0.2, 0.25) is 0 Å². The SMILES string of the molecule is CCC1CN(C(C)c2cccc(F)c2F)C(CC)CN1. The van der Waals surface area contributed by atoms with Crippen LogP contribution >= 0.6 is 0 Å². The van der Waals surface area contributed by atoms with E-state index in [2.05, 4.69) is 24.1 Å². The second-order valence-electron chi connectivity index (χ2n) is 5.59. The lowest BCUT2D eigenvalue weighted by atomic mass is 9.98. The van der Waals surface area contributed by atoms with E-state index in [1.807, 2.05) is 6.92 Å². The average molecular weight is 282 g/mol. The Morgan fingerprint density at radius 1 is 1.30 bits per heavy atom.